The van der Waals surface area contributed by atoms with E-state index in [1.165, 1.54) is 5.56 Å². The van der Waals surface area contributed by atoms with Gasteiger partial charge in [0, 0.05) is 68.8 Å². The monoisotopic (exact) mass is 510 g/mol. The van der Waals surface area contributed by atoms with Crippen LogP contribution in [0.1, 0.15) is 35.2 Å². The van der Waals surface area contributed by atoms with Gasteiger partial charge in [0.2, 0.25) is 0 Å². The molecule has 0 radical (unpaired) electrons. The molecule has 7 nitrogen and oxygen atoms in total. The Labute approximate surface area is 223 Å². The number of ether oxygens (including phenoxy) is 1. The number of hydrogen-bond acceptors (Lipinski definition) is 5. The van der Waals surface area contributed by atoms with E-state index in [9.17, 15) is 9.59 Å². The maximum absolute atomic E-state index is 13.0. The summed E-state index contributed by atoms with van der Waals surface area (Å²) in [6, 6.07) is 21.2. The van der Waals surface area contributed by atoms with Gasteiger partial charge in [0.15, 0.2) is 0 Å². The molecule has 7 heteroatoms. The molecule has 0 spiro atoms. The zero-order chi connectivity index (χ0) is 26.2. The van der Waals surface area contributed by atoms with Gasteiger partial charge in [0.05, 0.1) is 6.61 Å². The number of nitrogens with zero attached hydrogens (tertiary/aromatic N) is 4. The largest absolute Gasteiger partial charge is 0.494 e. The van der Waals surface area contributed by atoms with Crippen molar-refractivity contribution in [2.75, 3.05) is 32.8 Å². The maximum atomic E-state index is 13.0. The van der Waals surface area contributed by atoms with Crippen molar-refractivity contribution in [2.24, 2.45) is 0 Å². The number of aromatic nitrogens is 2. The fourth-order valence-corrected chi connectivity index (χ4v) is 4.97. The molecule has 1 aliphatic rings. The van der Waals surface area contributed by atoms with Gasteiger partial charge in [0.25, 0.3) is 11.5 Å². The Morgan fingerprint density at radius 2 is 1.76 bits per heavy atom. The Bertz CT molecular complexity index is 1410. The minimum absolute atomic E-state index is 0.0404. The molecule has 1 saturated heterocycles. The Morgan fingerprint density at radius 1 is 0.947 bits per heavy atom. The highest BCUT2D eigenvalue weighted by atomic mass is 16.5. The highest BCUT2D eigenvalue weighted by Gasteiger charge is 2.19. The fraction of sp³-hybridized carbons (Fsp3) is 0.323. The molecule has 2 aromatic carbocycles. The number of carbonyl (C=O) groups excluding carboxylic acids is 1. The molecule has 5 rings (SSSR count). The van der Waals surface area contributed by atoms with Gasteiger partial charge in [-0.15, -0.1) is 0 Å². The van der Waals surface area contributed by atoms with Crippen LogP contribution in [0.2, 0.25) is 0 Å². The SMILES string of the molecule is O=C(c1cccc(OCCCN(CCn2ccc3ccccc3c2=O)Cc2ccncc2)c1)N1CCCC1. The van der Waals surface area contributed by atoms with Crippen molar-refractivity contribution in [3.63, 3.8) is 0 Å². The predicted molar refractivity (Wildman–Crippen MR) is 149 cm³/mol. The van der Waals surface area contributed by atoms with Crippen LogP contribution in [0, 0.1) is 0 Å². The molecular weight excluding hydrogens is 476 g/mol. The first-order valence-electron chi connectivity index (χ1n) is 13.4. The van der Waals surface area contributed by atoms with Crippen molar-refractivity contribution in [1.29, 1.82) is 0 Å². The van der Waals surface area contributed by atoms with Gasteiger partial charge < -0.3 is 14.2 Å². The number of amides is 1. The Balaban J connectivity index is 1.18. The van der Waals surface area contributed by atoms with E-state index < -0.39 is 0 Å². The van der Waals surface area contributed by atoms with Crippen molar-refractivity contribution in [1.82, 2.24) is 19.4 Å². The van der Waals surface area contributed by atoms with Gasteiger partial charge in [-0.05, 0) is 72.7 Å². The quantitative estimate of drug-likeness (QED) is 0.276. The van der Waals surface area contributed by atoms with Gasteiger partial charge in [-0.2, -0.15) is 0 Å². The molecule has 2 aromatic heterocycles. The molecule has 1 fully saturated rings. The summed E-state index contributed by atoms with van der Waals surface area (Å²) in [6.45, 7) is 5.15. The molecule has 0 unspecified atom stereocenters. The number of carbonyl (C=O) groups is 1. The highest BCUT2D eigenvalue weighted by molar-refractivity contribution is 5.94. The van der Waals surface area contributed by atoms with Crippen LogP contribution in [-0.2, 0) is 13.1 Å². The van der Waals surface area contributed by atoms with Crippen LogP contribution in [0.4, 0.5) is 0 Å². The second-order valence-corrected chi connectivity index (χ2v) is 9.76. The third kappa shape index (κ3) is 6.47. The average Bonchev–Trinajstić information content (AvgIpc) is 3.50. The van der Waals surface area contributed by atoms with Crippen LogP contribution in [0.15, 0.2) is 90.1 Å². The minimum Gasteiger partial charge on any atom is -0.494 e. The summed E-state index contributed by atoms with van der Waals surface area (Å²) in [5.41, 5.74) is 1.91. The molecule has 1 aliphatic heterocycles. The zero-order valence-corrected chi connectivity index (χ0v) is 21.7. The minimum atomic E-state index is 0.0404. The summed E-state index contributed by atoms with van der Waals surface area (Å²) < 4.78 is 7.82. The van der Waals surface area contributed by atoms with E-state index in [4.69, 9.17) is 4.74 Å². The normalized spacial score (nSPS) is 13.3. The van der Waals surface area contributed by atoms with Gasteiger partial charge in [-0.3, -0.25) is 19.5 Å². The summed E-state index contributed by atoms with van der Waals surface area (Å²) in [5, 5.41) is 1.71. The van der Waals surface area contributed by atoms with Crippen molar-refractivity contribution in [3.8, 4) is 5.75 Å². The molecule has 0 saturated carbocycles. The van der Waals surface area contributed by atoms with E-state index in [-0.39, 0.29) is 11.5 Å². The van der Waals surface area contributed by atoms with Crippen molar-refractivity contribution >= 4 is 16.7 Å². The average molecular weight is 511 g/mol. The number of rotatable bonds is 11. The third-order valence-corrected chi connectivity index (χ3v) is 7.06. The Kier molecular flexibility index (Phi) is 8.46. The number of benzene rings is 2. The van der Waals surface area contributed by atoms with Crippen LogP contribution in [0.25, 0.3) is 10.8 Å². The third-order valence-electron chi connectivity index (χ3n) is 7.06. The summed E-state index contributed by atoms with van der Waals surface area (Å²) in [7, 11) is 0. The van der Waals surface area contributed by atoms with Crippen molar-refractivity contribution in [2.45, 2.75) is 32.4 Å². The lowest BCUT2D eigenvalue weighted by molar-refractivity contribution is 0.0792. The lowest BCUT2D eigenvalue weighted by Gasteiger charge is -2.23. The fourth-order valence-electron chi connectivity index (χ4n) is 4.97. The number of likely N-dealkylation sites (tertiary alicyclic amines) is 1. The lowest BCUT2D eigenvalue weighted by atomic mass is 10.2. The molecule has 1 amide bonds. The van der Waals surface area contributed by atoms with Gasteiger partial charge >= 0.3 is 0 Å². The first kappa shape index (κ1) is 25.7. The van der Waals surface area contributed by atoms with Gasteiger partial charge in [0.1, 0.15) is 5.75 Å². The van der Waals surface area contributed by atoms with Crippen LogP contribution in [-0.4, -0.2) is 58.0 Å². The summed E-state index contributed by atoms with van der Waals surface area (Å²) >= 11 is 0. The van der Waals surface area contributed by atoms with Crippen LogP contribution < -0.4 is 10.3 Å². The molecule has 0 bridgehead atoms. The topological polar surface area (TPSA) is 67.7 Å². The van der Waals surface area contributed by atoms with E-state index in [1.54, 1.807) is 17.0 Å². The first-order valence-corrected chi connectivity index (χ1v) is 13.4. The Morgan fingerprint density at radius 3 is 2.61 bits per heavy atom. The molecule has 3 heterocycles. The van der Waals surface area contributed by atoms with E-state index >= 15 is 0 Å². The highest BCUT2D eigenvalue weighted by Crippen LogP contribution is 2.18. The number of pyridine rings is 2. The van der Waals surface area contributed by atoms with Crippen LogP contribution in [0.5, 0.6) is 5.75 Å². The predicted octanol–water partition coefficient (Wildman–Crippen LogP) is 4.60. The van der Waals surface area contributed by atoms with Crippen molar-refractivity contribution in [3.05, 3.63) is 107 Å². The molecule has 38 heavy (non-hydrogen) atoms. The van der Waals surface area contributed by atoms with E-state index in [2.05, 4.69) is 9.88 Å². The molecule has 4 aromatic rings. The molecule has 0 atom stereocenters. The maximum Gasteiger partial charge on any atom is 0.258 e. The van der Waals surface area contributed by atoms with Crippen molar-refractivity contribution < 1.29 is 9.53 Å². The second kappa shape index (κ2) is 12.5. The lowest BCUT2D eigenvalue weighted by Crippen LogP contribution is -2.32. The van der Waals surface area contributed by atoms with Crippen LogP contribution in [0.3, 0.4) is 0 Å². The smallest absolute Gasteiger partial charge is 0.258 e. The summed E-state index contributed by atoms with van der Waals surface area (Å²) in [4.78, 5) is 34.1. The van der Waals surface area contributed by atoms with Gasteiger partial charge in [-0.1, -0.05) is 24.3 Å². The standard InChI is InChI=1S/C31H34N4O3/c36-30(34-17-3-4-18-34)27-8-5-9-28(23-27)38-22-6-16-33(24-25-11-14-32-15-12-25)20-21-35-19-13-26-7-1-2-10-29(26)31(35)37/h1-2,5,7-15,19,23H,3-4,6,16-18,20-22,24H2. The van der Waals surface area contributed by atoms with E-state index in [0.29, 0.717) is 18.7 Å². The summed E-state index contributed by atoms with van der Waals surface area (Å²) in [6.07, 6.45) is 8.47. The second-order valence-electron chi connectivity index (χ2n) is 9.76. The molecule has 0 aliphatic carbocycles. The van der Waals surface area contributed by atoms with E-state index in [0.717, 1.165) is 68.5 Å². The molecule has 196 valence electrons. The van der Waals surface area contributed by atoms with Gasteiger partial charge in [-0.25, -0.2) is 0 Å². The number of hydrogen-bond donors (Lipinski definition) is 0. The van der Waals surface area contributed by atoms with Crippen LogP contribution >= 0.6 is 0 Å². The first-order chi connectivity index (χ1) is 18.7. The molecular formula is C31H34N4O3. The summed E-state index contributed by atoms with van der Waals surface area (Å²) in [5.74, 6) is 0.804. The zero-order valence-electron chi connectivity index (χ0n) is 21.7. The number of fused-ring (bicyclic) bond motifs is 1. The molecule has 0 N–H and O–H groups in total. The Hall–Kier alpha value is -3.97. The van der Waals surface area contributed by atoms with E-state index in [1.807, 2.05) is 77.8 Å².